The van der Waals surface area contributed by atoms with Gasteiger partial charge >= 0.3 is 5.97 Å². The number of carboxylic acids is 1. The second-order valence-corrected chi connectivity index (χ2v) is 5.23. The summed E-state index contributed by atoms with van der Waals surface area (Å²) in [6.07, 6.45) is 2.77. The highest BCUT2D eigenvalue weighted by molar-refractivity contribution is 5.82. The average molecular weight is 240 g/mol. The first-order chi connectivity index (χ1) is 8.08. The van der Waals surface area contributed by atoms with Gasteiger partial charge in [-0.05, 0) is 25.2 Å². The van der Waals surface area contributed by atoms with Crippen LogP contribution in [0, 0.1) is 5.92 Å². The number of hydrogen-bond acceptors (Lipinski definition) is 3. The van der Waals surface area contributed by atoms with Crippen LogP contribution >= 0.6 is 0 Å². The molecule has 2 fully saturated rings. The van der Waals surface area contributed by atoms with E-state index < -0.39 is 5.97 Å². The molecule has 1 amide bonds. The topological polar surface area (TPSA) is 69.6 Å². The lowest BCUT2D eigenvalue weighted by Crippen LogP contribution is -2.45. The van der Waals surface area contributed by atoms with E-state index in [1.807, 2.05) is 0 Å². The summed E-state index contributed by atoms with van der Waals surface area (Å²) >= 11 is 0. The number of aliphatic carboxylic acids is 1. The average Bonchev–Trinajstić information content (AvgIpc) is 3.07. The molecule has 0 spiro atoms. The molecular weight excluding hydrogens is 220 g/mol. The van der Waals surface area contributed by atoms with Crippen LogP contribution < -0.4 is 5.32 Å². The largest absolute Gasteiger partial charge is 0.481 e. The fraction of sp³-hybridized carbons (Fsp3) is 0.833. The van der Waals surface area contributed by atoms with Crippen molar-refractivity contribution in [1.82, 2.24) is 10.2 Å². The number of nitrogens with zero attached hydrogens (tertiary/aromatic N) is 1. The lowest BCUT2D eigenvalue weighted by molar-refractivity contribution is -0.137. The summed E-state index contributed by atoms with van der Waals surface area (Å²) in [4.78, 5) is 24.8. The molecule has 1 aliphatic heterocycles. The van der Waals surface area contributed by atoms with Gasteiger partial charge in [0.15, 0.2) is 0 Å². The Labute approximate surface area is 101 Å². The van der Waals surface area contributed by atoms with Crippen LogP contribution in [-0.4, -0.2) is 47.1 Å². The van der Waals surface area contributed by atoms with Crippen molar-refractivity contribution in [1.29, 1.82) is 0 Å². The molecule has 17 heavy (non-hydrogen) atoms. The zero-order valence-corrected chi connectivity index (χ0v) is 10.2. The number of nitrogens with one attached hydrogen (secondary N) is 1. The van der Waals surface area contributed by atoms with E-state index in [1.165, 1.54) is 0 Å². The minimum atomic E-state index is -0.828. The Balaban J connectivity index is 2.04. The first kappa shape index (κ1) is 12.4. The second-order valence-electron chi connectivity index (χ2n) is 5.23. The Kier molecular flexibility index (Phi) is 3.66. The van der Waals surface area contributed by atoms with Crippen LogP contribution in [0.15, 0.2) is 0 Å². The fourth-order valence-electron chi connectivity index (χ4n) is 2.46. The van der Waals surface area contributed by atoms with E-state index in [1.54, 1.807) is 0 Å². The SMILES string of the molecule is CC1CNC(=O)C(CCC(=O)O)N(C2CC2)C1. The Morgan fingerprint density at radius 2 is 2.24 bits per heavy atom. The molecule has 0 aromatic heterocycles. The van der Waals surface area contributed by atoms with Gasteiger partial charge in [-0.1, -0.05) is 6.92 Å². The standard InChI is InChI=1S/C12H20N2O3/c1-8-6-13-12(17)10(4-5-11(15)16)14(7-8)9-2-3-9/h8-10H,2-7H2,1H3,(H,13,17)(H,15,16). The van der Waals surface area contributed by atoms with Crippen LogP contribution in [0.3, 0.4) is 0 Å². The third-order valence-corrected chi connectivity index (χ3v) is 3.50. The predicted octanol–water partition coefficient (Wildman–Crippen LogP) is 0.450. The zero-order chi connectivity index (χ0) is 12.4. The number of hydrogen-bond donors (Lipinski definition) is 2. The maximum Gasteiger partial charge on any atom is 0.303 e. The highest BCUT2D eigenvalue weighted by Gasteiger charge is 2.39. The van der Waals surface area contributed by atoms with Gasteiger partial charge in [0.05, 0.1) is 6.04 Å². The van der Waals surface area contributed by atoms with Gasteiger partial charge in [0, 0.05) is 25.6 Å². The molecule has 2 aliphatic rings. The van der Waals surface area contributed by atoms with Crippen molar-refractivity contribution in [2.45, 2.75) is 44.7 Å². The van der Waals surface area contributed by atoms with Gasteiger partial charge in [0.25, 0.3) is 0 Å². The van der Waals surface area contributed by atoms with Crippen molar-refractivity contribution in [3.63, 3.8) is 0 Å². The van der Waals surface area contributed by atoms with Crippen LogP contribution in [0.5, 0.6) is 0 Å². The van der Waals surface area contributed by atoms with Crippen molar-refractivity contribution in [3.8, 4) is 0 Å². The van der Waals surface area contributed by atoms with Crippen LogP contribution in [0.2, 0.25) is 0 Å². The fourth-order valence-corrected chi connectivity index (χ4v) is 2.46. The van der Waals surface area contributed by atoms with Crippen molar-refractivity contribution < 1.29 is 14.7 Å². The van der Waals surface area contributed by atoms with Gasteiger partial charge < -0.3 is 10.4 Å². The summed E-state index contributed by atoms with van der Waals surface area (Å²) in [5.74, 6) is -0.386. The van der Waals surface area contributed by atoms with E-state index >= 15 is 0 Å². The van der Waals surface area contributed by atoms with E-state index in [-0.39, 0.29) is 18.4 Å². The molecule has 1 aliphatic carbocycles. The van der Waals surface area contributed by atoms with Crippen molar-refractivity contribution in [2.24, 2.45) is 5.92 Å². The van der Waals surface area contributed by atoms with Gasteiger partial charge in [0.2, 0.25) is 5.91 Å². The van der Waals surface area contributed by atoms with E-state index in [4.69, 9.17) is 5.11 Å². The van der Waals surface area contributed by atoms with E-state index in [2.05, 4.69) is 17.1 Å². The summed E-state index contributed by atoms with van der Waals surface area (Å²) < 4.78 is 0. The molecule has 2 unspecified atom stereocenters. The van der Waals surface area contributed by atoms with Crippen molar-refractivity contribution >= 4 is 11.9 Å². The van der Waals surface area contributed by atoms with Crippen molar-refractivity contribution in [2.75, 3.05) is 13.1 Å². The van der Waals surface area contributed by atoms with E-state index in [0.29, 0.717) is 24.9 Å². The lowest BCUT2D eigenvalue weighted by atomic mass is 10.1. The van der Waals surface area contributed by atoms with Gasteiger partial charge in [-0.2, -0.15) is 0 Å². The number of carboxylic acid groups (broad SMARTS) is 1. The monoisotopic (exact) mass is 240 g/mol. The Morgan fingerprint density at radius 3 is 2.82 bits per heavy atom. The van der Waals surface area contributed by atoms with E-state index in [9.17, 15) is 9.59 Å². The Morgan fingerprint density at radius 1 is 1.53 bits per heavy atom. The van der Waals surface area contributed by atoms with Crippen molar-refractivity contribution in [3.05, 3.63) is 0 Å². The molecule has 0 aromatic carbocycles. The van der Waals surface area contributed by atoms with Gasteiger partial charge in [-0.25, -0.2) is 0 Å². The molecule has 1 saturated heterocycles. The minimum absolute atomic E-state index is 0.00231. The second kappa shape index (κ2) is 5.04. The smallest absolute Gasteiger partial charge is 0.303 e. The van der Waals surface area contributed by atoms with Gasteiger partial charge in [-0.15, -0.1) is 0 Å². The maximum absolute atomic E-state index is 12.0. The number of rotatable bonds is 4. The third-order valence-electron chi connectivity index (χ3n) is 3.50. The molecule has 0 bridgehead atoms. The Hall–Kier alpha value is -1.10. The zero-order valence-electron chi connectivity index (χ0n) is 10.2. The Bertz CT molecular complexity index is 315. The highest BCUT2D eigenvalue weighted by Crippen LogP contribution is 2.31. The summed E-state index contributed by atoms with van der Waals surface area (Å²) in [5, 5.41) is 11.7. The number of carbonyl (C=O) groups is 2. The third kappa shape index (κ3) is 3.19. The van der Waals surface area contributed by atoms with Crippen LogP contribution in [0.4, 0.5) is 0 Å². The van der Waals surface area contributed by atoms with Crippen LogP contribution in [0.25, 0.3) is 0 Å². The highest BCUT2D eigenvalue weighted by atomic mass is 16.4. The number of amides is 1. The van der Waals surface area contributed by atoms with Gasteiger partial charge in [-0.3, -0.25) is 14.5 Å². The molecule has 0 aromatic rings. The molecular formula is C12H20N2O3. The molecule has 2 atom stereocenters. The summed E-state index contributed by atoms with van der Waals surface area (Å²) in [5.41, 5.74) is 0. The molecule has 96 valence electrons. The first-order valence-electron chi connectivity index (χ1n) is 6.33. The molecule has 0 radical (unpaired) electrons. The maximum atomic E-state index is 12.0. The first-order valence-corrected chi connectivity index (χ1v) is 6.33. The summed E-state index contributed by atoms with van der Waals surface area (Å²) in [7, 11) is 0. The lowest BCUT2D eigenvalue weighted by Gasteiger charge is -2.28. The molecule has 2 N–H and O–H groups in total. The van der Waals surface area contributed by atoms with Crippen LogP contribution in [0.1, 0.15) is 32.6 Å². The molecule has 1 saturated carbocycles. The summed E-state index contributed by atoms with van der Waals surface area (Å²) in [6, 6.07) is 0.253. The van der Waals surface area contributed by atoms with E-state index in [0.717, 1.165) is 19.4 Å². The quantitative estimate of drug-likeness (QED) is 0.748. The number of carbonyl (C=O) groups excluding carboxylic acids is 1. The predicted molar refractivity (Wildman–Crippen MR) is 62.6 cm³/mol. The minimum Gasteiger partial charge on any atom is -0.481 e. The normalized spacial score (nSPS) is 30.8. The van der Waals surface area contributed by atoms with Crippen LogP contribution in [-0.2, 0) is 9.59 Å². The molecule has 5 heteroatoms. The molecule has 5 nitrogen and oxygen atoms in total. The molecule has 2 rings (SSSR count). The van der Waals surface area contributed by atoms with Gasteiger partial charge in [0.1, 0.15) is 0 Å². The molecule has 1 heterocycles. The summed E-state index contributed by atoms with van der Waals surface area (Å²) in [6.45, 7) is 3.72.